The van der Waals surface area contributed by atoms with Crippen molar-refractivity contribution in [1.82, 2.24) is 10.6 Å². The van der Waals surface area contributed by atoms with Gasteiger partial charge in [0.15, 0.2) is 5.96 Å². The first-order valence-corrected chi connectivity index (χ1v) is 7.34. The minimum atomic E-state index is -0.433. The molecule has 0 radical (unpaired) electrons. The minimum Gasteiger partial charge on any atom is -0.377 e. The van der Waals surface area contributed by atoms with Crippen molar-refractivity contribution < 1.29 is 9.53 Å². The van der Waals surface area contributed by atoms with Gasteiger partial charge in [-0.05, 0) is 38.5 Å². The largest absolute Gasteiger partial charge is 0.377 e. The Morgan fingerprint density at radius 3 is 2.61 bits per heavy atom. The summed E-state index contributed by atoms with van der Waals surface area (Å²) < 4.78 is 5.37. The average molecular weight is 434 g/mol. The van der Waals surface area contributed by atoms with E-state index in [0.29, 0.717) is 24.6 Å². The Morgan fingerprint density at radius 1 is 1.35 bits per heavy atom. The van der Waals surface area contributed by atoms with Crippen molar-refractivity contribution in [3.05, 3.63) is 35.4 Å². The van der Waals surface area contributed by atoms with Gasteiger partial charge in [0.05, 0.1) is 12.1 Å². The van der Waals surface area contributed by atoms with Gasteiger partial charge in [0.1, 0.15) is 0 Å². The van der Waals surface area contributed by atoms with Crippen LogP contribution in [0.2, 0.25) is 0 Å². The van der Waals surface area contributed by atoms with Gasteiger partial charge in [-0.3, -0.25) is 4.79 Å². The molecule has 0 atom stereocenters. The standard InChI is InChI=1S/C16H26N4O2.HI/c1-5-18-15(20-11-16(2,3)22-4)19-10-12-7-6-8-13(9-12)14(17)21;/h6-9H,5,10-11H2,1-4H3,(H2,17,21)(H2,18,19,20);1H. The molecule has 0 unspecified atom stereocenters. The first kappa shape index (κ1) is 21.6. The van der Waals surface area contributed by atoms with Crippen LogP contribution in [0.4, 0.5) is 0 Å². The third kappa shape index (κ3) is 8.17. The fourth-order valence-corrected chi connectivity index (χ4v) is 1.70. The number of nitrogens with zero attached hydrogens (tertiary/aromatic N) is 1. The van der Waals surface area contributed by atoms with E-state index >= 15 is 0 Å². The predicted octanol–water partition coefficient (Wildman–Crippen LogP) is 1.88. The molecule has 0 saturated heterocycles. The van der Waals surface area contributed by atoms with Crippen LogP contribution in [0.5, 0.6) is 0 Å². The Morgan fingerprint density at radius 2 is 2.04 bits per heavy atom. The van der Waals surface area contributed by atoms with Gasteiger partial charge < -0.3 is 21.1 Å². The summed E-state index contributed by atoms with van der Waals surface area (Å²) in [5.74, 6) is 0.273. The van der Waals surface area contributed by atoms with Gasteiger partial charge >= 0.3 is 0 Å². The highest BCUT2D eigenvalue weighted by Crippen LogP contribution is 2.07. The van der Waals surface area contributed by atoms with E-state index in [4.69, 9.17) is 10.5 Å². The quantitative estimate of drug-likeness (QED) is 0.348. The number of ether oxygens (including phenoxy) is 1. The van der Waals surface area contributed by atoms with E-state index in [1.54, 1.807) is 25.3 Å². The van der Waals surface area contributed by atoms with Crippen LogP contribution in [0.1, 0.15) is 36.7 Å². The van der Waals surface area contributed by atoms with Crippen LogP contribution >= 0.6 is 24.0 Å². The lowest BCUT2D eigenvalue weighted by molar-refractivity contribution is 0.0268. The molecule has 0 aliphatic carbocycles. The van der Waals surface area contributed by atoms with Crippen LogP contribution < -0.4 is 16.4 Å². The summed E-state index contributed by atoms with van der Waals surface area (Å²) in [6.45, 7) is 7.87. The highest BCUT2D eigenvalue weighted by molar-refractivity contribution is 14.0. The molecule has 0 heterocycles. The zero-order valence-corrected chi connectivity index (χ0v) is 16.5. The normalized spacial score (nSPS) is 11.6. The number of nitrogens with two attached hydrogens (primary N) is 1. The van der Waals surface area contributed by atoms with Crippen molar-refractivity contribution >= 4 is 35.8 Å². The fraction of sp³-hybridized carbons (Fsp3) is 0.500. The number of primary amides is 1. The number of nitrogens with one attached hydrogen (secondary N) is 2. The summed E-state index contributed by atoms with van der Waals surface area (Å²) in [5, 5.41) is 6.42. The number of methoxy groups -OCH3 is 1. The number of amides is 1. The van der Waals surface area contributed by atoms with E-state index in [1.165, 1.54) is 0 Å². The van der Waals surface area contributed by atoms with Gasteiger partial charge in [-0.25, -0.2) is 4.99 Å². The molecule has 0 aliphatic heterocycles. The lowest BCUT2D eigenvalue weighted by atomic mass is 10.1. The molecule has 1 aromatic rings. The molecule has 0 aromatic heterocycles. The molecule has 7 heteroatoms. The molecular weight excluding hydrogens is 407 g/mol. The third-order valence-electron chi connectivity index (χ3n) is 3.21. The maximum atomic E-state index is 11.2. The maximum Gasteiger partial charge on any atom is 0.248 e. The lowest BCUT2D eigenvalue weighted by Crippen LogP contribution is -2.45. The highest BCUT2D eigenvalue weighted by atomic mass is 127. The summed E-state index contributed by atoms with van der Waals surface area (Å²) in [6, 6.07) is 7.17. The summed E-state index contributed by atoms with van der Waals surface area (Å²) in [7, 11) is 1.68. The number of carbonyl (C=O) groups excluding carboxylic acids is 1. The van der Waals surface area contributed by atoms with Crippen molar-refractivity contribution in [2.45, 2.75) is 32.9 Å². The van der Waals surface area contributed by atoms with Crippen LogP contribution in [0, 0.1) is 0 Å². The Balaban J connectivity index is 0.00000484. The zero-order chi connectivity index (χ0) is 16.6. The van der Waals surface area contributed by atoms with E-state index in [2.05, 4.69) is 15.6 Å². The zero-order valence-electron chi connectivity index (χ0n) is 14.2. The lowest BCUT2D eigenvalue weighted by Gasteiger charge is -2.24. The summed E-state index contributed by atoms with van der Waals surface area (Å²) >= 11 is 0. The van der Waals surface area contributed by atoms with Crippen molar-refractivity contribution in [3.8, 4) is 0 Å². The second-order valence-corrected chi connectivity index (χ2v) is 5.58. The summed E-state index contributed by atoms with van der Waals surface area (Å²) in [4.78, 5) is 15.7. The van der Waals surface area contributed by atoms with Gasteiger partial charge in [-0.2, -0.15) is 0 Å². The number of aliphatic imine (C=N–C) groups is 1. The van der Waals surface area contributed by atoms with Gasteiger partial charge in [0.25, 0.3) is 0 Å². The number of hydrogen-bond donors (Lipinski definition) is 3. The molecule has 0 saturated carbocycles. The van der Waals surface area contributed by atoms with Crippen LogP contribution in [0.15, 0.2) is 29.3 Å². The summed E-state index contributed by atoms with van der Waals surface area (Å²) in [6.07, 6.45) is 0. The summed E-state index contributed by atoms with van der Waals surface area (Å²) in [5.41, 5.74) is 6.43. The van der Waals surface area contributed by atoms with Crippen LogP contribution in [-0.4, -0.2) is 37.7 Å². The smallest absolute Gasteiger partial charge is 0.248 e. The van der Waals surface area contributed by atoms with Gasteiger partial charge in [0, 0.05) is 25.8 Å². The molecule has 1 aromatic carbocycles. The molecule has 0 bridgehead atoms. The number of hydrogen-bond acceptors (Lipinski definition) is 3. The number of rotatable bonds is 7. The Labute approximate surface area is 155 Å². The number of carbonyl (C=O) groups is 1. The third-order valence-corrected chi connectivity index (χ3v) is 3.21. The highest BCUT2D eigenvalue weighted by Gasteiger charge is 2.16. The molecule has 1 rings (SSSR count). The molecule has 6 nitrogen and oxygen atoms in total. The SMILES string of the molecule is CCNC(=NCc1cccc(C(N)=O)c1)NCC(C)(C)OC.I. The van der Waals surface area contributed by atoms with E-state index in [-0.39, 0.29) is 29.6 Å². The maximum absolute atomic E-state index is 11.2. The topological polar surface area (TPSA) is 88.7 Å². The predicted molar refractivity (Wildman–Crippen MR) is 104 cm³/mol. The van der Waals surface area contributed by atoms with Crippen molar-refractivity contribution in [3.63, 3.8) is 0 Å². The number of benzene rings is 1. The van der Waals surface area contributed by atoms with E-state index < -0.39 is 5.91 Å². The molecule has 0 aliphatic rings. The van der Waals surface area contributed by atoms with Gasteiger partial charge in [-0.15, -0.1) is 24.0 Å². The second kappa shape index (κ2) is 10.4. The molecule has 4 N–H and O–H groups in total. The number of guanidine groups is 1. The van der Waals surface area contributed by atoms with Crippen molar-refractivity contribution in [2.75, 3.05) is 20.2 Å². The van der Waals surface area contributed by atoms with Crippen LogP contribution in [-0.2, 0) is 11.3 Å². The Bertz CT molecular complexity index is 533. The van der Waals surface area contributed by atoms with Crippen molar-refractivity contribution in [1.29, 1.82) is 0 Å². The first-order chi connectivity index (χ1) is 10.4. The first-order valence-electron chi connectivity index (χ1n) is 7.34. The Hall–Kier alpha value is -1.35. The second-order valence-electron chi connectivity index (χ2n) is 5.58. The van der Waals surface area contributed by atoms with E-state index in [1.807, 2.05) is 26.8 Å². The van der Waals surface area contributed by atoms with E-state index in [9.17, 15) is 4.79 Å². The monoisotopic (exact) mass is 434 g/mol. The van der Waals surface area contributed by atoms with Gasteiger partial charge in [-0.1, -0.05) is 12.1 Å². The minimum absolute atomic E-state index is 0. The van der Waals surface area contributed by atoms with Crippen LogP contribution in [0.25, 0.3) is 0 Å². The molecule has 23 heavy (non-hydrogen) atoms. The fourth-order valence-electron chi connectivity index (χ4n) is 1.70. The molecule has 1 amide bonds. The van der Waals surface area contributed by atoms with Crippen LogP contribution in [0.3, 0.4) is 0 Å². The van der Waals surface area contributed by atoms with Crippen molar-refractivity contribution in [2.24, 2.45) is 10.7 Å². The molecule has 130 valence electrons. The van der Waals surface area contributed by atoms with E-state index in [0.717, 1.165) is 12.1 Å². The molecular formula is C16H27IN4O2. The Kier molecular flexibility index (Phi) is 9.82. The molecule has 0 spiro atoms. The molecule has 0 fully saturated rings. The number of halogens is 1. The average Bonchev–Trinajstić information content (AvgIpc) is 2.50. The van der Waals surface area contributed by atoms with Gasteiger partial charge in [0.2, 0.25) is 5.91 Å².